The molecule has 0 bridgehead atoms. The molecule has 0 radical (unpaired) electrons. The smallest absolute Gasteiger partial charge is 0.407 e. The minimum Gasteiger partial charge on any atom is -0.443 e. The van der Waals surface area contributed by atoms with Crippen LogP contribution >= 0.6 is 0 Å². The molecule has 3 atom stereocenters. The molecule has 164 valence electrons. The lowest BCUT2D eigenvalue weighted by atomic mass is 10.0. The van der Waals surface area contributed by atoms with E-state index in [0.29, 0.717) is 36.5 Å². The van der Waals surface area contributed by atoms with Crippen LogP contribution < -0.4 is 10.6 Å². The van der Waals surface area contributed by atoms with Crippen LogP contribution in [-0.4, -0.2) is 57.4 Å². The van der Waals surface area contributed by atoms with E-state index in [2.05, 4.69) is 25.9 Å². The van der Waals surface area contributed by atoms with E-state index in [1.807, 2.05) is 0 Å². The first-order chi connectivity index (χ1) is 14.3. The number of carbonyl (C=O) groups excluding carboxylic acids is 2. The Morgan fingerprint density at radius 2 is 2.13 bits per heavy atom. The number of rotatable bonds is 7. The maximum absolute atomic E-state index is 14.8. The fraction of sp³-hybridized carbons (Fsp3) is 0.579. The van der Waals surface area contributed by atoms with Crippen molar-refractivity contribution in [2.24, 2.45) is 7.05 Å². The average molecular weight is 422 g/mol. The molecule has 0 unspecified atom stereocenters. The van der Waals surface area contributed by atoms with Crippen LogP contribution in [0, 0.1) is 0 Å². The number of hydrogen-bond donors (Lipinski definition) is 3. The highest BCUT2D eigenvalue weighted by atomic mass is 19.1. The summed E-state index contributed by atoms with van der Waals surface area (Å²) < 4.78 is 26.5. The van der Waals surface area contributed by atoms with Gasteiger partial charge in [-0.2, -0.15) is 10.2 Å². The van der Waals surface area contributed by atoms with Crippen LogP contribution in [0.2, 0.25) is 0 Å². The molecule has 2 aromatic rings. The number of aryl methyl sites for hydroxylation is 1. The quantitative estimate of drug-likeness (QED) is 0.629. The maximum atomic E-state index is 14.8. The second-order valence-corrected chi connectivity index (χ2v) is 7.61. The van der Waals surface area contributed by atoms with Gasteiger partial charge in [0.15, 0.2) is 5.82 Å². The van der Waals surface area contributed by atoms with Gasteiger partial charge in [0.25, 0.3) is 5.91 Å². The number of aromatic nitrogens is 4. The first kappa shape index (κ1) is 21.8. The Morgan fingerprint density at radius 3 is 2.83 bits per heavy atom. The van der Waals surface area contributed by atoms with Gasteiger partial charge in [-0.1, -0.05) is 0 Å². The summed E-state index contributed by atoms with van der Waals surface area (Å²) in [5.41, 5.74) is 1.52. The third-order valence-corrected chi connectivity index (χ3v) is 4.86. The van der Waals surface area contributed by atoms with Gasteiger partial charge in [-0.15, -0.1) is 0 Å². The number of anilines is 1. The van der Waals surface area contributed by atoms with Crippen LogP contribution in [0.3, 0.4) is 0 Å². The zero-order valence-corrected chi connectivity index (χ0v) is 17.4. The van der Waals surface area contributed by atoms with Crippen LogP contribution in [-0.2, 0) is 23.1 Å². The number of nitrogens with one attached hydrogen (secondary N) is 3. The largest absolute Gasteiger partial charge is 0.443 e. The molecule has 3 N–H and O–H groups in total. The van der Waals surface area contributed by atoms with E-state index in [4.69, 9.17) is 9.47 Å². The van der Waals surface area contributed by atoms with Crippen molar-refractivity contribution in [2.45, 2.75) is 57.5 Å². The number of aromatic amines is 1. The summed E-state index contributed by atoms with van der Waals surface area (Å²) in [4.78, 5) is 24.2. The zero-order chi connectivity index (χ0) is 21.8. The fourth-order valence-electron chi connectivity index (χ4n) is 3.51. The van der Waals surface area contributed by atoms with Gasteiger partial charge < -0.3 is 20.1 Å². The molecule has 2 heterocycles. The predicted octanol–water partition coefficient (Wildman–Crippen LogP) is 2.26. The van der Waals surface area contributed by atoms with Crippen molar-refractivity contribution in [1.82, 2.24) is 25.3 Å². The molecule has 2 aromatic heterocycles. The molecular formula is C19H27FN6O4. The van der Waals surface area contributed by atoms with Crippen molar-refractivity contribution in [3.8, 4) is 0 Å². The summed E-state index contributed by atoms with van der Waals surface area (Å²) in [6, 6.07) is 3.14. The Bertz CT molecular complexity index is 895. The van der Waals surface area contributed by atoms with E-state index in [1.165, 1.54) is 4.68 Å². The highest BCUT2D eigenvalue weighted by Gasteiger charge is 2.41. The molecule has 10 nitrogen and oxygen atoms in total. The van der Waals surface area contributed by atoms with E-state index in [1.54, 1.807) is 40.1 Å². The summed E-state index contributed by atoms with van der Waals surface area (Å²) in [5, 5.41) is 16.3. The molecule has 0 spiro atoms. The number of methoxy groups -OCH3 is 1. The van der Waals surface area contributed by atoms with Gasteiger partial charge >= 0.3 is 6.09 Å². The number of halogens is 1. The van der Waals surface area contributed by atoms with Crippen molar-refractivity contribution < 1.29 is 23.5 Å². The number of amides is 2. The standard InChI is InChI=1S/C19H27FN6O4/c1-10(2)21-19(28)30-15-6-5-12(17(15)20)13-8-16(24-23-13)22-18(27)14-7-11(9-29-4)25-26(14)3/h7-8,10,12,15,17H,5-6,9H2,1-4H3,(H,21,28)(H2,22,23,24,27)/t12-,15-,17+/m1/s1. The maximum Gasteiger partial charge on any atom is 0.407 e. The number of alkyl carbamates (subject to hydrolysis) is 1. The van der Waals surface area contributed by atoms with Gasteiger partial charge in [-0.3, -0.25) is 14.6 Å². The highest BCUT2D eigenvalue weighted by molar-refractivity contribution is 6.02. The third-order valence-electron chi connectivity index (χ3n) is 4.86. The second-order valence-electron chi connectivity index (χ2n) is 7.61. The van der Waals surface area contributed by atoms with E-state index in [0.717, 1.165) is 0 Å². The minimum absolute atomic E-state index is 0.0865. The number of carbonyl (C=O) groups is 2. The Kier molecular flexibility index (Phi) is 6.70. The number of H-pyrrole nitrogens is 1. The highest BCUT2D eigenvalue weighted by Crippen LogP contribution is 2.38. The molecule has 1 saturated carbocycles. The van der Waals surface area contributed by atoms with E-state index < -0.39 is 24.3 Å². The zero-order valence-electron chi connectivity index (χ0n) is 17.4. The van der Waals surface area contributed by atoms with Crippen LogP contribution in [0.15, 0.2) is 12.1 Å². The van der Waals surface area contributed by atoms with Gasteiger partial charge in [0, 0.05) is 37.9 Å². The van der Waals surface area contributed by atoms with Gasteiger partial charge in [0.05, 0.1) is 12.3 Å². The molecule has 3 rings (SSSR count). The van der Waals surface area contributed by atoms with Crippen LogP contribution in [0.25, 0.3) is 0 Å². The number of alkyl halides is 1. The van der Waals surface area contributed by atoms with Gasteiger partial charge in [-0.25, -0.2) is 9.18 Å². The van der Waals surface area contributed by atoms with Crippen LogP contribution in [0.1, 0.15) is 54.5 Å². The third kappa shape index (κ3) is 4.96. The minimum atomic E-state index is -1.36. The first-order valence-electron chi connectivity index (χ1n) is 9.78. The molecule has 11 heteroatoms. The second kappa shape index (κ2) is 9.24. The van der Waals surface area contributed by atoms with Crippen molar-refractivity contribution in [2.75, 3.05) is 12.4 Å². The summed E-state index contributed by atoms with van der Waals surface area (Å²) in [5.74, 6) is -0.608. The number of ether oxygens (including phenoxy) is 2. The van der Waals surface area contributed by atoms with Crippen molar-refractivity contribution >= 4 is 17.8 Å². The average Bonchev–Trinajstić information content (AvgIpc) is 3.35. The Balaban J connectivity index is 1.61. The SMILES string of the molecule is COCc1cc(C(=O)Nc2cc([C@H]3CC[C@@H](OC(=O)NC(C)C)[C@H]3F)[nH]n2)n(C)n1. The summed E-state index contributed by atoms with van der Waals surface area (Å²) in [7, 11) is 3.21. The lowest BCUT2D eigenvalue weighted by Gasteiger charge is -2.18. The monoisotopic (exact) mass is 422 g/mol. The fourth-order valence-corrected chi connectivity index (χ4v) is 3.51. The molecule has 30 heavy (non-hydrogen) atoms. The molecule has 1 fully saturated rings. The van der Waals surface area contributed by atoms with Crippen molar-refractivity contribution in [3.63, 3.8) is 0 Å². The molecule has 0 aromatic carbocycles. The topological polar surface area (TPSA) is 123 Å². The van der Waals surface area contributed by atoms with E-state index >= 15 is 0 Å². The molecule has 1 aliphatic carbocycles. The molecule has 0 saturated heterocycles. The number of hydrogen-bond acceptors (Lipinski definition) is 6. The van der Waals surface area contributed by atoms with E-state index in [9.17, 15) is 14.0 Å². The summed E-state index contributed by atoms with van der Waals surface area (Å²) >= 11 is 0. The van der Waals surface area contributed by atoms with Crippen molar-refractivity contribution in [1.29, 1.82) is 0 Å². The van der Waals surface area contributed by atoms with Crippen LogP contribution in [0.5, 0.6) is 0 Å². The Labute approximate surface area is 173 Å². The predicted molar refractivity (Wildman–Crippen MR) is 106 cm³/mol. The lowest BCUT2D eigenvalue weighted by molar-refractivity contribution is 0.0555. The van der Waals surface area contributed by atoms with Gasteiger partial charge in [-0.05, 0) is 32.8 Å². The van der Waals surface area contributed by atoms with Gasteiger partial charge in [0.1, 0.15) is 18.0 Å². The molecular weight excluding hydrogens is 395 g/mol. The first-order valence-corrected chi connectivity index (χ1v) is 9.78. The van der Waals surface area contributed by atoms with Gasteiger partial charge in [0.2, 0.25) is 0 Å². The summed E-state index contributed by atoms with van der Waals surface area (Å²) in [6.07, 6.45) is -1.89. The van der Waals surface area contributed by atoms with Crippen molar-refractivity contribution in [3.05, 3.63) is 29.2 Å². The number of nitrogens with zero attached hydrogens (tertiary/aromatic N) is 3. The normalized spacial score (nSPS) is 21.1. The molecule has 2 amide bonds. The molecule has 1 aliphatic rings. The Morgan fingerprint density at radius 1 is 1.37 bits per heavy atom. The van der Waals surface area contributed by atoms with Crippen LogP contribution in [0.4, 0.5) is 15.0 Å². The summed E-state index contributed by atoms with van der Waals surface area (Å²) in [6.45, 7) is 3.90. The Hall–Kier alpha value is -2.95. The lowest BCUT2D eigenvalue weighted by Crippen LogP contribution is -2.36. The molecule has 0 aliphatic heterocycles. The van der Waals surface area contributed by atoms with E-state index in [-0.39, 0.29) is 17.8 Å².